The van der Waals surface area contributed by atoms with Gasteiger partial charge in [0.1, 0.15) is 0 Å². The molecule has 0 spiro atoms. The van der Waals surface area contributed by atoms with E-state index in [2.05, 4.69) is 12.2 Å². The fourth-order valence-electron chi connectivity index (χ4n) is 2.49. The van der Waals surface area contributed by atoms with E-state index in [1.165, 1.54) is 0 Å². The molecular weight excluding hydrogens is 256 g/mol. The van der Waals surface area contributed by atoms with Crippen molar-refractivity contribution in [2.75, 3.05) is 37.7 Å². The van der Waals surface area contributed by atoms with Crippen molar-refractivity contribution in [3.63, 3.8) is 0 Å². The monoisotopic (exact) mass is 278 g/mol. The van der Waals surface area contributed by atoms with Crippen LogP contribution in [0.15, 0.2) is 0 Å². The summed E-state index contributed by atoms with van der Waals surface area (Å²) in [6, 6.07) is 0. The highest BCUT2D eigenvalue weighted by Crippen LogP contribution is 2.23. The van der Waals surface area contributed by atoms with Gasteiger partial charge in [0.2, 0.25) is 10.0 Å². The van der Waals surface area contributed by atoms with Gasteiger partial charge in [-0.1, -0.05) is 6.92 Å². The Labute approximate surface area is 109 Å². The summed E-state index contributed by atoms with van der Waals surface area (Å²) in [6.45, 7) is 5.43. The molecule has 2 fully saturated rings. The molecule has 1 N–H and O–H groups in total. The molecule has 0 amide bonds. The highest BCUT2D eigenvalue weighted by Gasteiger charge is 2.30. The van der Waals surface area contributed by atoms with Crippen LogP contribution in [0.4, 0.5) is 0 Å². The minimum absolute atomic E-state index is 0.353. The zero-order chi connectivity index (χ0) is 12.3. The minimum atomic E-state index is -3.02. The fourth-order valence-corrected chi connectivity index (χ4v) is 5.67. The van der Waals surface area contributed by atoms with Gasteiger partial charge < -0.3 is 5.32 Å². The van der Waals surface area contributed by atoms with Gasteiger partial charge in [0, 0.05) is 24.1 Å². The first kappa shape index (κ1) is 13.6. The highest BCUT2D eigenvalue weighted by atomic mass is 32.2. The molecule has 0 aliphatic carbocycles. The lowest BCUT2D eigenvalue weighted by Gasteiger charge is -2.31. The lowest BCUT2D eigenvalue weighted by atomic mass is 10.0. The largest absolute Gasteiger partial charge is 0.317 e. The van der Waals surface area contributed by atoms with E-state index in [-0.39, 0.29) is 0 Å². The van der Waals surface area contributed by atoms with Crippen molar-refractivity contribution >= 4 is 21.8 Å². The lowest BCUT2D eigenvalue weighted by molar-refractivity contribution is 0.379. The maximum absolute atomic E-state index is 12.3. The van der Waals surface area contributed by atoms with Crippen LogP contribution in [0.3, 0.4) is 0 Å². The van der Waals surface area contributed by atoms with Crippen LogP contribution in [0, 0.1) is 5.92 Å². The van der Waals surface area contributed by atoms with Crippen LogP contribution in [0.1, 0.15) is 19.8 Å². The Morgan fingerprint density at radius 3 is 2.71 bits per heavy atom. The van der Waals surface area contributed by atoms with Crippen LogP contribution in [0.25, 0.3) is 0 Å². The third-order valence-electron chi connectivity index (χ3n) is 3.50. The predicted molar refractivity (Wildman–Crippen MR) is 72.9 cm³/mol. The molecular formula is C11H22N2O2S2. The topological polar surface area (TPSA) is 49.4 Å². The van der Waals surface area contributed by atoms with E-state index >= 15 is 0 Å². The summed E-state index contributed by atoms with van der Waals surface area (Å²) in [5, 5.41) is 3.71. The average molecular weight is 278 g/mol. The Kier molecular flexibility index (Phi) is 4.74. The van der Waals surface area contributed by atoms with E-state index in [0.29, 0.717) is 30.0 Å². The molecule has 6 heteroatoms. The van der Waals surface area contributed by atoms with E-state index in [1.54, 1.807) is 4.31 Å². The summed E-state index contributed by atoms with van der Waals surface area (Å²) in [4.78, 5) is 0. The standard InChI is InChI=1S/C11H22N2O2S2/c1-10-8-13(6-7-16-10)17(14,15)9-11-2-4-12-5-3-11/h10-12H,2-9H2,1H3. The summed E-state index contributed by atoms with van der Waals surface area (Å²) in [5.41, 5.74) is 0. The van der Waals surface area contributed by atoms with Gasteiger partial charge in [0.05, 0.1) is 5.75 Å². The molecule has 1 unspecified atom stereocenters. The molecule has 100 valence electrons. The second-order valence-corrected chi connectivity index (χ2v) is 8.57. The molecule has 0 bridgehead atoms. The van der Waals surface area contributed by atoms with Gasteiger partial charge in [-0.2, -0.15) is 16.1 Å². The van der Waals surface area contributed by atoms with Crippen LogP contribution >= 0.6 is 11.8 Å². The third-order valence-corrected chi connectivity index (χ3v) is 6.65. The number of sulfonamides is 1. The zero-order valence-electron chi connectivity index (χ0n) is 10.4. The maximum atomic E-state index is 12.3. The van der Waals surface area contributed by atoms with Gasteiger partial charge in [-0.25, -0.2) is 8.42 Å². The second kappa shape index (κ2) is 5.91. The molecule has 2 heterocycles. The van der Waals surface area contributed by atoms with Crippen LogP contribution < -0.4 is 5.32 Å². The van der Waals surface area contributed by atoms with Crippen molar-refractivity contribution < 1.29 is 8.42 Å². The average Bonchev–Trinajstić information content (AvgIpc) is 2.30. The van der Waals surface area contributed by atoms with Crippen LogP contribution in [0.5, 0.6) is 0 Å². The molecule has 17 heavy (non-hydrogen) atoms. The van der Waals surface area contributed by atoms with Gasteiger partial charge >= 0.3 is 0 Å². The third kappa shape index (κ3) is 3.84. The van der Waals surface area contributed by atoms with Crippen molar-refractivity contribution in [1.82, 2.24) is 9.62 Å². The van der Waals surface area contributed by atoms with Crippen LogP contribution in [0.2, 0.25) is 0 Å². The molecule has 4 nitrogen and oxygen atoms in total. The Hall–Kier alpha value is 0.220. The summed E-state index contributed by atoms with van der Waals surface area (Å²) >= 11 is 1.87. The van der Waals surface area contributed by atoms with E-state index in [1.807, 2.05) is 11.8 Å². The first-order chi connectivity index (χ1) is 8.08. The van der Waals surface area contributed by atoms with E-state index in [4.69, 9.17) is 0 Å². The van der Waals surface area contributed by atoms with E-state index in [0.717, 1.165) is 31.7 Å². The van der Waals surface area contributed by atoms with E-state index in [9.17, 15) is 8.42 Å². The lowest BCUT2D eigenvalue weighted by Crippen LogP contribution is -2.44. The van der Waals surface area contributed by atoms with Crippen molar-refractivity contribution in [3.05, 3.63) is 0 Å². The van der Waals surface area contributed by atoms with Gasteiger partial charge in [0.25, 0.3) is 0 Å². The highest BCUT2D eigenvalue weighted by molar-refractivity contribution is 8.00. The van der Waals surface area contributed by atoms with Gasteiger partial charge in [-0.15, -0.1) is 0 Å². The zero-order valence-corrected chi connectivity index (χ0v) is 12.0. The normalized spacial score (nSPS) is 29.4. The SMILES string of the molecule is CC1CN(S(=O)(=O)CC2CCNCC2)CCS1. The first-order valence-corrected chi connectivity index (χ1v) is 9.04. The van der Waals surface area contributed by atoms with Crippen molar-refractivity contribution in [3.8, 4) is 0 Å². The molecule has 0 saturated carbocycles. The van der Waals surface area contributed by atoms with Crippen molar-refractivity contribution in [2.24, 2.45) is 5.92 Å². The molecule has 0 radical (unpaired) electrons. The molecule has 2 aliphatic heterocycles. The van der Waals surface area contributed by atoms with Crippen LogP contribution in [-0.4, -0.2) is 55.7 Å². The Morgan fingerprint density at radius 2 is 2.06 bits per heavy atom. The van der Waals surface area contributed by atoms with Gasteiger partial charge in [-0.3, -0.25) is 0 Å². The summed E-state index contributed by atoms with van der Waals surface area (Å²) in [6.07, 6.45) is 1.99. The second-order valence-electron chi connectivity index (χ2n) is 5.01. The van der Waals surface area contributed by atoms with Gasteiger partial charge in [0.15, 0.2) is 0 Å². The predicted octanol–water partition coefficient (Wildman–Crippen LogP) is 0.753. The van der Waals surface area contributed by atoms with Crippen molar-refractivity contribution in [2.45, 2.75) is 25.0 Å². The van der Waals surface area contributed by atoms with Gasteiger partial charge in [-0.05, 0) is 31.8 Å². The smallest absolute Gasteiger partial charge is 0.214 e. The maximum Gasteiger partial charge on any atom is 0.214 e. The number of hydrogen-bond donors (Lipinski definition) is 1. The minimum Gasteiger partial charge on any atom is -0.317 e. The fraction of sp³-hybridized carbons (Fsp3) is 1.00. The Morgan fingerprint density at radius 1 is 1.35 bits per heavy atom. The molecule has 1 atom stereocenters. The quantitative estimate of drug-likeness (QED) is 0.828. The number of thioether (sulfide) groups is 1. The molecule has 0 aromatic heterocycles. The number of piperidine rings is 1. The van der Waals surface area contributed by atoms with Crippen molar-refractivity contribution in [1.29, 1.82) is 0 Å². The molecule has 0 aromatic rings. The number of hydrogen-bond acceptors (Lipinski definition) is 4. The summed E-state index contributed by atoms with van der Waals surface area (Å²) in [5.74, 6) is 1.64. The molecule has 2 aliphatic rings. The molecule has 2 saturated heterocycles. The Balaban J connectivity index is 1.92. The Bertz CT molecular complexity index is 339. The number of nitrogens with zero attached hydrogens (tertiary/aromatic N) is 1. The number of nitrogens with one attached hydrogen (secondary N) is 1. The first-order valence-electron chi connectivity index (χ1n) is 6.38. The molecule has 2 rings (SSSR count). The summed E-state index contributed by atoms with van der Waals surface area (Å²) in [7, 11) is -3.02. The van der Waals surface area contributed by atoms with E-state index < -0.39 is 10.0 Å². The van der Waals surface area contributed by atoms with Crippen LogP contribution in [-0.2, 0) is 10.0 Å². The molecule has 0 aromatic carbocycles. The number of rotatable bonds is 3. The summed E-state index contributed by atoms with van der Waals surface area (Å²) < 4.78 is 26.3.